The van der Waals surface area contributed by atoms with Gasteiger partial charge in [0.25, 0.3) is 5.92 Å². The predicted octanol–water partition coefficient (Wildman–Crippen LogP) is 1.18. The highest BCUT2D eigenvalue weighted by atomic mass is 35.5. The van der Waals surface area contributed by atoms with Crippen LogP contribution < -0.4 is 5.32 Å². The van der Waals surface area contributed by atoms with Crippen LogP contribution in [-0.4, -0.2) is 29.2 Å². The molecule has 0 aromatic carbocycles. The number of aliphatic hydroxyl groups is 1. The lowest BCUT2D eigenvalue weighted by Gasteiger charge is -2.24. The van der Waals surface area contributed by atoms with Gasteiger partial charge in [0.15, 0.2) is 0 Å². The summed E-state index contributed by atoms with van der Waals surface area (Å²) in [7, 11) is 0. The van der Waals surface area contributed by atoms with Gasteiger partial charge in [-0.1, -0.05) is 0 Å². The summed E-state index contributed by atoms with van der Waals surface area (Å²) in [6.07, 6.45) is -0.267. The summed E-state index contributed by atoms with van der Waals surface area (Å²) in [5, 5.41) is 11.9. The van der Waals surface area contributed by atoms with Crippen LogP contribution in [0.2, 0.25) is 0 Å². The number of halogens is 3. The molecule has 5 heteroatoms. The van der Waals surface area contributed by atoms with Crippen molar-refractivity contribution in [2.24, 2.45) is 0 Å². The standard InChI is InChI=1S/C7H13F2NO.ClH/c1-6(2,11)5-3-7(8,9)4-10-5;/h5,10-11H,3-4H2,1-2H3;1H/t5-;/m0./s1. The van der Waals surface area contributed by atoms with Crippen molar-refractivity contribution in [3.63, 3.8) is 0 Å². The van der Waals surface area contributed by atoms with Crippen LogP contribution in [0, 0.1) is 0 Å². The SMILES string of the molecule is CC(C)(O)[C@@H]1CC(F)(F)CN1.Cl. The Bertz CT molecular complexity index is 158. The molecule has 1 aliphatic rings. The van der Waals surface area contributed by atoms with Crippen LogP contribution in [0.5, 0.6) is 0 Å². The highest BCUT2D eigenvalue weighted by Crippen LogP contribution is 2.29. The molecule has 0 spiro atoms. The van der Waals surface area contributed by atoms with Gasteiger partial charge in [0.2, 0.25) is 0 Å². The summed E-state index contributed by atoms with van der Waals surface area (Å²) in [6.45, 7) is 2.75. The molecule has 74 valence electrons. The maximum Gasteiger partial charge on any atom is 0.261 e. The van der Waals surface area contributed by atoms with E-state index in [0.29, 0.717) is 0 Å². The molecule has 0 saturated carbocycles. The zero-order valence-corrected chi connectivity index (χ0v) is 7.92. The van der Waals surface area contributed by atoms with E-state index in [1.165, 1.54) is 13.8 Å². The van der Waals surface area contributed by atoms with Crippen LogP contribution in [-0.2, 0) is 0 Å². The molecule has 0 amide bonds. The van der Waals surface area contributed by atoms with E-state index in [-0.39, 0.29) is 25.4 Å². The minimum absolute atomic E-state index is 0. The lowest BCUT2D eigenvalue weighted by atomic mass is 9.97. The van der Waals surface area contributed by atoms with E-state index in [1.54, 1.807) is 0 Å². The average Bonchev–Trinajstić information content (AvgIpc) is 2.07. The minimum Gasteiger partial charge on any atom is -0.389 e. The Morgan fingerprint density at radius 2 is 2.00 bits per heavy atom. The van der Waals surface area contributed by atoms with Crippen molar-refractivity contribution in [2.45, 2.75) is 37.8 Å². The molecule has 0 radical (unpaired) electrons. The number of hydrogen-bond donors (Lipinski definition) is 2. The van der Waals surface area contributed by atoms with Gasteiger partial charge in [0.1, 0.15) is 0 Å². The van der Waals surface area contributed by atoms with Crippen molar-refractivity contribution in [2.75, 3.05) is 6.54 Å². The van der Waals surface area contributed by atoms with Gasteiger partial charge in [-0.3, -0.25) is 0 Å². The monoisotopic (exact) mass is 201 g/mol. The molecule has 1 rings (SSSR count). The van der Waals surface area contributed by atoms with E-state index in [9.17, 15) is 13.9 Å². The molecule has 1 aliphatic heterocycles. The molecule has 0 aromatic rings. The molecule has 2 nitrogen and oxygen atoms in total. The zero-order chi connectivity index (χ0) is 8.70. The second-order valence-electron chi connectivity index (χ2n) is 3.65. The smallest absolute Gasteiger partial charge is 0.261 e. The summed E-state index contributed by atoms with van der Waals surface area (Å²) in [5.41, 5.74) is -1.06. The third kappa shape index (κ3) is 2.84. The Balaban J connectivity index is 0.00000121. The van der Waals surface area contributed by atoms with Crippen LogP contribution >= 0.6 is 12.4 Å². The molecule has 0 bridgehead atoms. The Hall–Kier alpha value is 0.0700. The Morgan fingerprint density at radius 1 is 1.50 bits per heavy atom. The van der Waals surface area contributed by atoms with E-state index in [1.807, 2.05) is 0 Å². The molecule has 1 heterocycles. The van der Waals surface area contributed by atoms with E-state index in [4.69, 9.17) is 0 Å². The lowest BCUT2D eigenvalue weighted by molar-refractivity contribution is -0.00161. The van der Waals surface area contributed by atoms with Crippen molar-refractivity contribution in [1.82, 2.24) is 5.32 Å². The predicted molar refractivity (Wildman–Crippen MR) is 44.9 cm³/mol. The molecule has 2 N–H and O–H groups in total. The number of alkyl halides is 2. The average molecular weight is 202 g/mol. The van der Waals surface area contributed by atoms with Gasteiger partial charge in [-0.15, -0.1) is 12.4 Å². The van der Waals surface area contributed by atoms with Gasteiger partial charge in [0.05, 0.1) is 12.1 Å². The van der Waals surface area contributed by atoms with Gasteiger partial charge >= 0.3 is 0 Å². The van der Waals surface area contributed by atoms with Gasteiger partial charge in [-0.25, -0.2) is 8.78 Å². The second kappa shape index (κ2) is 3.44. The van der Waals surface area contributed by atoms with Crippen molar-refractivity contribution >= 4 is 12.4 Å². The fourth-order valence-electron chi connectivity index (χ4n) is 1.22. The van der Waals surface area contributed by atoms with Gasteiger partial charge in [-0.2, -0.15) is 0 Å². The maximum atomic E-state index is 12.6. The molecular formula is C7H14ClF2NO. The Kier molecular flexibility index (Phi) is 3.46. The number of rotatable bonds is 1. The summed E-state index contributed by atoms with van der Waals surface area (Å²) in [4.78, 5) is 0. The highest BCUT2D eigenvalue weighted by Gasteiger charge is 2.44. The first-order chi connectivity index (χ1) is 4.81. The fraction of sp³-hybridized carbons (Fsp3) is 1.00. The normalized spacial score (nSPS) is 28.2. The van der Waals surface area contributed by atoms with Crippen LogP contribution in [0.3, 0.4) is 0 Å². The molecular weight excluding hydrogens is 188 g/mol. The highest BCUT2D eigenvalue weighted by molar-refractivity contribution is 5.85. The second-order valence-corrected chi connectivity index (χ2v) is 3.65. The topological polar surface area (TPSA) is 32.3 Å². The summed E-state index contributed by atoms with van der Waals surface area (Å²) in [5.74, 6) is -2.65. The van der Waals surface area contributed by atoms with Crippen LogP contribution in [0.1, 0.15) is 20.3 Å². The largest absolute Gasteiger partial charge is 0.389 e. The maximum absolute atomic E-state index is 12.6. The summed E-state index contributed by atoms with van der Waals surface area (Å²) >= 11 is 0. The zero-order valence-electron chi connectivity index (χ0n) is 7.10. The molecule has 12 heavy (non-hydrogen) atoms. The number of hydrogen-bond acceptors (Lipinski definition) is 2. The van der Waals surface area contributed by atoms with E-state index in [0.717, 1.165) is 0 Å². The van der Waals surface area contributed by atoms with E-state index in [2.05, 4.69) is 5.32 Å². The molecule has 0 unspecified atom stereocenters. The van der Waals surface area contributed by atoms with Crippen molar-refractivity contribution in [3.8, 4) is 0 Å². The molecule has 1 fully saturated rings. The summed E-state index contributed by atoms with van der Waals surface area (Å²) in [6, 6.07) is -0.488. The summed E-state index contributed by atoms with van der Waals surface area (Å²) < 4.78 is 25.1. The third-order valence-electron chi connectivity index (χ3n) is 1.96. The first-order valence-corrected chi connectivity index (χ1v) is 3.65. The van der Waals surface area contributed by atoms with E-state index >= 15 is 0 Å². The van der Waals surface area contributed by atoms with Crippen LogP contribution in [0.4, 0.5) is 8.78 Å². The van der Waals surface area contributed by atoms with Gasteiger partial charge < -0.3 is 10.4 Å². The van der Waals surface area contributed by atoms with Crippen molar-refractivity contribution < 1.29 is 13.9 Å². The Morgan fingerprint density at radius 3 is 2.17 bits per heavy atom. The van der Waals surface area contributed by atoms with Gasteiger partial charge in [-0.05, 0) is 13.8 Å². The first kappa shape index (κ1) is 12.1. The molecule has 1 saturated heterocycles. The van der Waals surface area contributed by atoms with Crippen molar-refractivity contribution in [3.05, 3.63) is 0 Å². The lowest BCUT2D eigenvalue weighted by Crippen LogP contribution is -2.42. The van der Waals surface area contributed by atoms with E-state index < -0.39 is 17.6 Å². The van der Waals surface area contributed by atoms with Crippen LogP contribution in [0.25, 0.3) is 0 Å². The first-order valence-electron chi connectivity index (χ1n) is 3.65. The van der Waals surface area contributed by atoms with Crippen LogP contribution in [0.15, 0.2) is 0 Å². The molecule has 0 aromatic heterocycles. The molecule has 1 atom stereocenters. The van der Waals surface area contributed by atoms with Crippen molar-refractivity contribution in [1.29, 1.82) is 0 Å². The van der Waals surface area contributed by atoms with Gasteiger partial charge in [0, 0.05) is 12.5 Å². The Labute approximate surface area is 76.8 Å². The number of nitrogens with one attached hydrogen (secondary N) is 1. The molecule has 0 aliphatic carbocycles. The fourth-order valence-corrected chi connectivity index (χ4v) is 1.22. The quantitative estimate of drug-likeness (QED) is 0.668. The third-order valence-corrected chi connectivity index (χ3v) is 1.96. The minimum atomic E-state index is -2.65.